The van der Waals surface area contributed by atoms with Crippen LogP contribution in [0.1, 0.15) is 30.6 Å². The van der Waals surface area contributed by atoms with Crippen molar-refractivity contribution >= 4 is 40.9 Å². The first-order valence-corrected chi connectivity index (χ1v) is 9.29. The van der Waals surface area contributed by atoms with Crippen LogP contribution in [-0.2, 0) is 9.53 Å². The molecule has 0 aromatic heterocycles. The lowest BCUT2D eigenvalue weighted by atomic mass is 10.2. The van der Waals surface area contributed by atoms with E-state index >= 15 is 0 Å². The molecular formula is C19H20ClNO3S. The number of esters is 1. The highest BCUT2D eigenvalue weighted by molar-refractivity contribution is 8.00. The molecule has 0 aliphatic heterocycles. The molecule has 6 heteroatoms. The Hall–Kier alpha value is -1.98. The van der Waals surface area contributed by atoms with Crippen LogP contribution in [0.15, 0.2) is 53.4 Å². The molecule has 25 heavy (non-hydrogen) atoms. The van der Waals surface area contributed by atoms with Gasteiger partial charge >= 0.3 is 5.97 Å². The third-order valence-corrected chi connectivity index (χ3v) is 5.05. The smallest absolute Gasteiger partial charge is 0.338 e. The van der Waals surface area contributed by atoms with Crippen molar-refractivity contribution in [3.05, 3.63) is 59.1 Å². The first kappa shape index (κ1) is 19.3. The maximum absolute atomic E-state index is 12.5. The summed E-state index contributed by atoms with van der Waals surface area (Å²) in [6, 6.07) is 14.1. The van der Waals surface area contributed by atoms with Crippen LogP contribution in [0.5, 0.6) is 0 Å². The summed E-state index contributed by atoms with van der Waals surface area (Å²) in [5.41, 5.74) is 1.11. The number of nitrogens with one attached hydrogen (secondary N) is 1. The highest BCUT2D eigenvalue weighted by Gasteiger charge is 2.18. The quantitative estimate of drug-likeness (QED) is 0.543. The highest BCUT2D eigenvalue weighted by Crippen LogP contribution is 2.27. The first-order valence-electron chi connectivity index (χ1n) is 8.03. The van der Waals surface area contributed by atoms with E-state index in [1.807, 2.05) is 31.2 Å². The standard InChI is InChI=1S/C19H20ClNO3S/c1-3-17(25-16-11-7-14(20)8-12-16)18(22)21-15-9-5-13(6-10-15)19(23)24-4-2/h5-12,17H,3-4H2,1-2H3,(H,21,22)/t17-/m1/s1. The molecule has 0 saturated heterocycles. The maximum atomic E-state index is 12.5. The summed E-state index contributed by atoms with van der Waals surface area (Å²) in [6.07, 6.45) is 0.694. The van der Waals surface area contributed by atoms with Gasteiger partial charge in [-0.15, -0.1) is 11.8 Å². The van der Waals surface area contributed by atoms with Gasteiger partial charge in [0.15, 0.2) is 0 Å². The molecule has 2 aromatic rings. The minimum absolute atomic E-state index is 0.0775. The van der Waals surface area contributed by atoms with Crippen molar-refractivity contribution in [3.63, 3.8) is 0 Å². The third kappa shape index (κ3) is 5.80. The van der Waals surface area contributed by atoms with Gasteiger partial charge in [0.2, 0.25) is 5.91 Å². The van der Waals surface area contributed by atoms with Crippen LogP contribution in [0.25, 0.3) is 0 Å². The number of thioether (sulfide) groups is 1. The van der Waals surface area contributed by atoms with E-state index < -0.39 is 0 Å². The molecule has 0 saturated carbocycles. The Bertz CT molecular complexity index is 716. The molecule has 0 radical (unpaired) electrons. The molecule has 4 nitrogen and oxygen atoms in total. The van der Waals surface area contributed by atoms with Gasteiger partial charge in [0, 0.05) is 15.6 Å². The lowest BCUT2D eigenvalue weighted by Crippen LogP contribution is -2.24. The molecule has 132 valence electrons. The molecular weight excluding hydrogens is 358 g/mol. The highest BCUT2D eigenvalue weighted by atomic mass is 35.5. The number of hydrogen-bond donors (Lipinski definition) is 1. The van der Waals surface area contributed by atoms with Crippen molar-refractivity contribution in [3.8, 4) is 0 Å². The van der Waals surface area contributed by atoms with Crippen LogP contribution in [-0.4, -0.2) is 23.7 Å². The number of hydrogen-bond acceptors (Lipinski definition) is 4. The van der Waals surface area contributed by atoms with E-state index in [1.165, 1.54) is 11.8 Å². The summed E-state index contributed by atoms with van der Waals surface area (Å²) < 4.78 is 4.94. The van der Waals surface area contributed by atoms with Gasteiger partial charge in [-0.2, -0.15) is 0 Å². The van der Waals surface area contributed by atoms with Gasteiger partial charge in [0.05, 0.1) is 17.4 Å². The lowest BCUT2D eigenvalue weighted by molar-refractivity contribution is -0.115. The number of rotatable bonds is 7. The molecule has 0 bridgehead atoms. The number of amides is 1. The minimum atomic E-state index is -0.370. The van der Waals surface area contributed by atoms with Crippen LogP contribution in [0, 0.1) is 0 Å². The van der Waals surface area contributed by atoms with Crippen molar-refractivity contribution in [1.82, 2.24) is 0 Å². The Morgan fingerprint density at radius 3 is 2.28 bits per heavy atom. The monoisotopic (exact) mass is 377 g/mol. The Labute approximate surface area is 156 Å². The average molecular weight is 378 g/mol. The SMILES string of the molecule is CCOC(=O)c1ccc(NC(=O)[C@@H](CC)Sc2ccc(Cl)cc2)cc1. The summed E-state index contributed by atoms with van der Waals surface area (Å²) in [7, 11) is 0. The van der Waals surface area contributed by atoms with Gasteiger partial charge in [-0.25, -0.2) is 4.79 Å². The molecule has 0 unspecified atom stereocenters. The van der Waals surface area contributed by atoms with E-state index in [-0.39, 0.29) is 17.1 Å². The fourth-order valence-electron chi connectivity index (χ4n) is 2.13. The molecule has 0 spiro atoms. The molecule has 0 heterocycles. The van der Waals surface area contributed by atoms with Gasteiger partial charge in [0.1, 0.15) is 0 Å². The molecule has 0 fully saturated rings. The number of anilines is 1. The lowest BCUT2D eigenvalue weighted by Gasteiger charge is -2.15. The number of carbonyl (C=O) groups is 2. The second-order valence-electron chi connectivity index (χ2n) is 5.26. The molecule has 1 atom stereocenters. The van der Waals surface area contributed by atoms with Gasteiger partial charge in [-0.1, -0.05) is 18.5 Å². The average Bonchev–Trinajstić information content (AvgIpc) is 2.62. The predicted octanol–water partition coefficient (Wildman–Crippen LogP) is 5.03. The fraction of sp³-hybridized carbons (Fsp3) is 0.263. The molecule has 2 aromatic carbocycles. The molecule has 2 rings (SSSR count). The van der Waals surface area contributed by atoms with Crippen LogP contribution in [0.2, 0.25) is 5.02 Å². The third-order valence-electron chi connectivity index (χ3n) is 3.42. The van der Waals surface area contributed by atoms with Crippen LogP contribution >= 0.6 is 23.4 Å². The summed E-state index contributed by atoms with van der Waals surface area (Å²) >= 11 is 7.38. The molecule has 1 amide bonds. The summed E-state index contributed by atoms with van der Waals surface area (Å²) in [5, 5.41) is 3.34. The van der Waals surface area contributed by atoms with E-state index in [1.54, 1.807) is 31.2 Å². The molecule has 1 N–H and O–H groups in total. The maximum Gasteiger partial charge on any atom is 0.338 e. The zero-order valence-corrected chi connectivity index (χ0v) is 15.7. The zero-order valence-electron chi connectivity index (χ0n) is 14.1. The van der Waals surface area contributed by atoms with E-state index in [2.05, 4.69) is 5.32 Å². The van der Waals surface area contributed by atoms with Crippen molar-refractivity contribution in [2.45, 2.75) is 30.4 Å². The zero-order chi connectivity index (χ0) is 18.2. The summed E-state index contributed by atoms with van der Waals surface area (Å²) in [5.74, 6) is -0.448. The first-order chi connectivity index (χ1) is 12.0. The summed E-state index contributed by atoms with van der Waals surface area (Å²) in [6.45, 7) is 4.06. The Balaban J connectivity index is 1.99. The summed E-state index contributed by atoms with van der Waals surface area (Å²) in [4.78, 5) is 25.1. The van der Waals surface area contributed by atoms with Crippen molar-refractivity contribution in [2.24, 2.45) is 0 Å². The van der Waals surface area contributed by atoms with Crippen molar-refractivity contribution in [1.29, 1.82) is 0 Å². The van der Waals surface area contributed by atoms with Crippen molar-refractivity contribution < 1.29 is 14.3 Å². The number of carbonyl (C=O) groups excluding carboxylic acids is 2. The minimum Gasteiger partial charge on any atom is -0.462 e. The van der Waals surface area contributed by atoms with E-state index in [0.717, 1.165) is 4.90 Å². The number of ether oxygens (including phenoxy) is 1. The van der Waals surface area contributed by atoms with Crippen LogP contribution < -0.4 is 5.32 Å². The second-order valence-corrected chi connectivity index (χ2v) is 6.97. The van der Waals surface area contributed by atoms with Gasteiger partial charge < -0.3 is 10.1 Å². The van der Waals surface area contributed by atoms with E-state index in [9.17, 15) is 9.59 Å². The van der Waals surface area contributed by atoms with Gasteiger partial charge in [0.25, 0.3) is 0 Å². The van der Waals surface area contributed by atoms with E-state index in [0.29, 0.717) is 29.3 Å². The molecule has 0 aliphatic carbocycles. The topological polar surface area (TPSA) is 55.4 Å². The van der Waals surface area contributed by atoms with Crippen molar-refractivity contribution in [2.75, 3.05) is 11.9 Å². The Kier molecular flexibility index (Phi) is 7.34. The fourth-order valence-corrected chi connectivity index (χ4v) is 3.21. The number of benzene rings is 2. The Morgan fingerprint density at radius 1 is 1.08 bits per heavy atom. The van der Waals surface area contributed by atoms with E-state index in [4.69, 9.17) is 16.3 Å². The largest absolute Gasteiger partial charge is 0.462 e. The number of halogens is 1. The van der Waals surface area contributed by atoms with Gasteiger partial charge in [-0.05, 0) is 61.9 Å². The Morgan fingerprint density at radius 2 is 1.72 bits per heavy atom. The van der Waals surface area contributed by atoms with Crippen LogP contribution in [0.3, 0.4) is 0 Å². The predicted molar refractivity (Wildman–Crippen MR) is 102 cm³/mol. The molecule has 0 aliphatic rings. The van der Waals surface area contributed by atoms with Crippen LogP contribution in [0.4, 0.5) is 5.69 Å². The second kappa shape index (κ2) is 9.49. The van der Waals surface area contributed by atoms with Gasteiger partial charge in [-0.3, -0.25) is 4.79 Å². The normalized spacial score (nSPS) is 11.6.